The van der Waals surface area contributed by atoms with Crippen molar-refractivity contribution in [2.75, 3.05) is 13.2 Å². The van der Waals surface area contributed by atoms with E-state index in [2.05, 4.69) is 6.92 Å². The lowest BCUT2D eigenvalue weighted by Crippen LogP contribution is -2.20. The van der Waals surface area contributed by atoms with Gasteiger partial charge in [0.15, 0.2) is 0 Å². The van der Waals surface area contributed by atoms with Gasteiger partial charge in [0.1, 0.15) is 6.10 Å². The van der Waals surface area contributed by atoms with E-state index in [1.165, 1.54) is 0 Å². The van der Waals surface area contributed by atoms with Crippen molar-refractivity contribution in [3.8, 4) is 0 Å². The molecule has 1 unspecified atom stereocenters. The third-order valence-corrected chi connectivity index (χ3v) is 1.62. The first-order chi connectivity index (χ1) is 6.20. The number of carbonyl (C=O) groups is 1. The van der Waals surface area contributed by atoms with Crippen LogP contribution in [-0.2, 0) is 14.3 Å². The highest BCUT2D eigenvalue weighted by atomic mass is 16.6. The zero-order valence-electron chi connectivity index (χ0n) is 8.84. The smallest absolute Gasteiger partial charge is 0.306 e. The average Bonchev–Trinajstić information content (AvgIpc) is 2.11. The Morgan fingerprint density at radius 2 is 2.08 bits per heavy atom. The molecule has 0 spiro atoms. The van der Waals surface area contributed by atoms with Crippen LogP contribution in [0.15, 0.2) is 0 Å². The van der Waals surface area contributed by atoms with Crippen LogP contribution in [0.1, 0.15) is 40.0 Å². The molecule has 0 amide bonds. The highest BCUT2D eigenvalue weighted by Gasteiger charge is 2.08. The molecule has 0 aliphatic heterocycles. The standard InChI is InChI=1S/C10H20O3/c1-4-6-7-10(11)13-9(3)8-12-5-2/h9H,4-8H2,1-3H3. The fourth-order valence-corrected chi connectivity index (χ4v) is 0.922. The number of hydrogen-bond acceptors (Lipinski definition) is 3. The van der Waals surface area contributed by atoms with Gasteiger partial charge < -0.3 is 9.47 Å². The number of ether oxygens (including phenoxy) is 2. The van der Waals surface area contributed by atoms with Gasteiger partial charge in [0.25, 0.3) is 0 Å². The Hall–Kier alpha value is -0.570. The van der Waals surface area contributed by atoms with Crippen LogP contribution in [0.3, 0.4) is 0 Å². The van der Waals surface area contributed by atoms with Gasteiger partial charge in [0.05, 0.1) is 6.61 Å². The highest BCUT2D eigenvalue weighted by Crippen LogP contribution is 2.00. The van der Waals surface area contributed by atoms with Crippen molar-refractivity contribution in [2.45, 2.75) is 46.1 Å². The summed E-state index contributed by atoms with van der Waals surface area (Å²) in [6.45, 7) is 6.98. The number of unbranched alkanes of at least 4 members (excludes halogenated alkanes) is 1. The predicted octanol–water partition coefficient (Wildman–Crippen LogP) is 2.14. The maximum atomic E-state index is 11.1. The fraction of sp³-hybridized carbons (Fsp3) is 0.900. The van der Waals surface area contributed by atoms with Crippen molar-refractivity contribution in [3.63, 3.8) is 0 Å². The lowest BCUT2D eigenvalue weighted by Gasteiger charge is -2.12. The molecule has 3 nitrogen and oxygen atoms in total. The van der Waals surface area contributed by atoms with E-state index < -0.39 is 0 Å². The van der Waals surface area contributed by atoms with E-state index in [1.807, 2.05) is 13.8 Å². The van der Waals surface area contributed by atoms with E-state index in [4.69, 9.17) is 9.47 Å². The van der Waals surface area contributed by atoms with Crippen LogP contribution >= 0.6 is 0 Å². The Morgan fingerprint density at radius 3 is 2.62 bits per heavy atom. The molecule has 0 aromatic carbocycles. The zero-order valence-corrected chi connectivity index (χ0v) is 8.84. The van der Waals surface area contributed by atoms with Crippen LogP contribution < -0.4 is 0 Å². The van der Waals surface area contributed by atoms with Gasteiger partial charge in [0, 0.05) is 13.0 Å². The second-order valence-electron chi connectivity index (χ2n) is 3.06. The normalized spacial score (nSPS) is 12.5. The summed E-state index contributed by atoms with van der Waals surface area (Å²) in [7, 11) is 0. The van der Waals surface area contributed by atoms with E-state index in [0.29, 0.717) is 19.6 Å². The first-order valence-corrected chi connectivity index (χ1v) is 4.97. The van der Waals surface area contributed by atoms with Crippen LogP contribution in [-0.4, -0.2) is 25.3 Å². The second-order valence-corrected chi connectivity index (χ2v) is 3.06. The molecule has 0 fully saturated rings. The maximum Gasteiger partial charge on any atom is 0.306 e. The quantitative estimate of drug-likeness (QED) is 0.574. The predicted molar refractivity (Wildman–Crippen MR) is 51.6 cm³/mol. The molecule has 0 saturated carbocycles. The average molecular weight is 188 g/mol. The Morgan fingerprint density at radius 1 is 1.38 bits per heavy atom. The lowest BCUT2D eigenvalue weighted by molar-refractivity contribution is -0.151. The van der Waals surface area contributed by atoms with Crippen molar-refractivity contribution in [3.05, 3.63) is 0 Å². The molecular weight excluding hydrogens is 168 g/mol. The zero-order chi connectivity index (χ0) is 10.1. The summed E-state index contributed by atoms with van der Waals surface area (Å²) in [6, 6.07) is 0. The van der Waals surface area contributed by atoms with Crippen LogP contribution in [0.2, 0.25) is 0 Å². The van der Waals surface area contributed by atoms with Gasteiger partial charge in [-0.25, -0.2) is 0 Å². The maximum absolute atomic E-state index is 11.1. The highest BCUT2D eigenvalue weighted by molar-refractivity contribution is 5.69. The van der Waals surface area contributed by atoms with Gasteiger partial charge in [-0.3, -0.25) is 4.79 Å². The molecule has 13 heavy (non-hydrogen) atoms. The second kappa shape index (κ2) is 8.05. The van der Waals surface area contributed by atoms with E-state index >= 15 is 0 Å². The first-order valence-electron chi connectivity index (χ1n) is 4.97. The van der Waals surface area contributed by atoms with Crippen LogP contribution in [0, 0.1) is 0 Å². The molecule has 3 heteroatoms. The van der Waals surface area contributed by atoms with E-state index in [9.17, 15) is 4.79 Å². The number of rotatable bonds is 7. The van der Waals surface area contributed by atoms with Crippen LogP contribution in [0.4, 0.5) is 0 Å². The molecular formula is C10H20O3. The van der Waals surface area contributed by atoms with Crippen molar-refractivity contribution >= 4 is 5.97 Å². The summed E-state index contributed by atoms with van der Waals surface area (Å²) in [5.74, 6) is -0.117. The molecule has 0 radical (unpaired) electrons. The third kappa shape index (κ3) is 7.78. The van der Waals surface area contributed by atoms with E-state index in [1.54, 1.807) is 0 Å². The van der Waals surface area contributed by atoms with E-state index in [0.717, 1.165) is 12.8 Å². The molecule has 0 aliphatic carbocycles. The molecule has 0 aromatic rings. The summed E-state index contributed by atoms with van der Waals surface area (Å²) in [5.41, 5.74) is 0. The minimum absolute atomic E-state index is 0.117. The topological polar surface area (TPSA) is 35.5 Å². The van der Waals surface area contributed by atoms with Crippen LogP contribution in [0.25, 0.3) is 0 Å². The molecule has 0 heterocycles. The Kier molecular flexibility index (Phi) is 7.69. The lowest BCUT2D eigenvalue weighted by atomic mass is 10.2. The summed E-state index contributed by atoms with van der Waals surface area (Å²) < 4.78 is 10.2. The number of esters is 1. The molecule has 78 valence electrons. The van der Waals surface area contributed by atoms with Gasteiger partial charge in [0.2, 0.25) is 0 Å². The largest absolute Gasteiger partial charge is 0.460 e. The van der Waals surface area contributed by atoms with Crippen LogP contribution in [0.5, 0.6) is 0 Å². The van der Waals surface area contributed by atoms with Crippen molar-refractivity contribution in [1.82, 2.24) is 0 Å². The molecule has 0 rings (SSSR count). The monoisotopic (exact) mass is 188 g/mol. The number of carbonyl (C=O) groups excluding carboxylic acids is 1. The minimum Gasteiger partial charge on any atom is -0.460 e. The summed E-state index contributed by atoms with van der Waals surface area (Å²) >= 11 is 0. The van der Waals surface area contributed by atoms with Gasteiger partial charge in [-0.05, 0) is 20.3 Å². The summed E-state index contributed by atoms with van der Waals surface area (Å²) in [6.07, 6.45) is 2.33. The minimum atomic E-state index is -0.121. The molecule has 0 bridgehead atoms. The van der Waals surface area contributed by atoms with E-state index in [-0.39, 0.29) is 12.1 Å². The SMILES string of the molecule is CCCCC(=O)OC(C)COCC. The van der Waals surface area contributed by atoms with Crippen molar-refractivity contribution in [2.24, 2.45) is 0 Å². The Bertz CT molecular complexity index is 134. The molecule has 0 N–H and O–H groups in total. The third-order valence-electron chi connectivity index (χ3n) is 1.62. The number of hydrogen-bond donors (Lipinski definition) is 0. The van der Waals surface area contributed by atoms with Gasteiger partial charge in [-0.1, -0.05) is 13.3 Å². The van der Waals surface area contributed by atoms with Gasteiger partial charge in [-0.15, -0.1) is 0 Å². The fourth-order valence-electron chi connectivity index (χ4n) is 0.922. The van der Waals surface area contributed by atoms with Gasteiger partial charge >= 0.3 is 5.97 Å². The molecule has 0 aromatic heterocycles. The van der Waals surface area contributed by atoms with Gasteiger partial charge in [-0.2, -0.15) is 0 Å². The van der Waals surface area contributed by atoms with Crippen molar-refractivity contribution in [1.29, 1.82) is 0 Å². The Labute approximate surface area is 80.4 Å². The molecule has 0 saturated heterocycles. The van der Waals surface area contributed by atoms with Crippen molar-refractivity contribution < 1.29 is 14.3 Å². The summed E-state index contributed by atoms with van der Waals surface area (Å²) in [4.78, 5) is 11.1. The molecule has 0 aliphatic rings. The summed E-state index contributed by atoms with van der Waals surface area (Å²) in [5, 5.41) is 0. The molecule has 1 atom stereocenters. The first kappa shape index (κ1) is 12.4. The Balaban J connectivity index is 3.41.